The van der Waals surface area contributed by atoms with Gasteiger partial charge in [-0.15, -0.1) is 0 Å². The Kier molecular flexibility index (Phi) is 4.16. The van der Waals surface area contributed by atoms with Crippen LogP contribution in [0.15, 0.2) is 41.3 Å². The van der Waals surface area contributed by atoms with Crippen LogP contribution in [-0.2, 0) is 21.2 Å². The van der Waals surface area contributed by atoms with Crippen LogP contribution in [-0.4, -0.2) is 20.9 Å². The number of nitrogens with one attached hydrogen (secondary N) is 1. The first-order chi connectivity index (χ1) is 12.3. The van der Waals surface area contributed by atoms with Gasteiger partial charge in [0, 0.05) is 18.2 Å². The lowest BCUT2D eigenvalue weighted by molar-refractivity contribution is -0.119. The molecule has 0 radical (unpaired) electrons. The van der Waals surface area contributed by atoms with Gasteiger partial charge in [0.2, 0.25) is 5.91 Å². The maximum Gasteiger partial charge on any atom is 0.261 e. The number of anilines is 2. The maximum atomic E-state index is 13.2. The van der Waals surface area contributed by atoms with Gasteiger partial charge in [-0.1, -0.05) is 11.6 Å². The zero-order valence-corrected chi connectivity index (χ0v) is 15.3. The minimum atomic E-state index is -3.84. The van der Waals surface area contributed by atoms with Crippen molar-refractivity contribution >= 4 is 38.9 Å². The molecule has 1 heterocycles. The van der Waals surface area contributed by atoms with Gasteiger partial charge in [-0.3, -0.25) is 9.52 Å². The highest BCUT2D eigenvalue weighted by Gasteiger charge is 2.36. The molecule has 0 unspecified atom stereocenters. The number of sulfonamides is 1. The summed E-state index contributed by atoms with van der Waals surface area (Å²) >= 11 is 5.69. The van der Waals surface area contributed by atoms with Gasteiger partial charge in [0.05, 0.1) is 15.6 Å². The highest BCUT2D eigenvalue weighted by molar-refractivity contribution is 7.92. The van der Waals surface area contributed by atoms with E-state index in [0.717, 1.165) is 30.2 Å². The fourth-order valence-corrected chi connectivity index (χ4v) is 4.38. The van der Waals surface area contributed by atoms with E-state index >= 15 is 0 Å². The molecule has 5 nitrogen and oxygen atoms in total. The van der Waals surface area contributed by atoms with E-state index in [4.69, 9.17) is 11.6 Å². The fourth-order valence-electron chi connectivity index (χ4n) is 3.10. The van der Waals surface area contributed by atoms with E-state index in [1.165, 1.54) is 18.2 Å². The molecular weight excluding hydrogens is 379 g/mol. The number of rotatable bonds is 4. The number of fused-ring (bicyclic) bond motifs is 1. The molecule has 1 saturated carbocycles. The van der Waals surface area contributed by atoms with Crippen molar-refractivity contribution in [2.24, 2.45) is 5.92 Å². The first kappa shape index (κ1) is 17.3. The molecule has 0 bridgehead atoms. The molecule has 0 aromatic heterocycles. The van der Waals surface area contributed by atoms with Crippen LogP contribution in [0, 0.1) is 11.7 Å². The summed E-state index contributed by atoms with van der Waals surface area (Å²) in [6.45, 7) is 0.579. The summed E-state index contributed by atoms with van der Waals surface area (Å²) in [5.41, 5.74) is 1.80. The highest BCUT2D eigenvalue weighted by atomic mass is 35.5. The normalized spacial score (nSPS) is 16.5. The average Bonchev–Trinajstić information content (AvgIpc) is 3.36. The molecule has 0 atom stereocenters. The zero-order valence-electron chi connectivity index (χ0n) is 13.7. The van der Waals surface area contributed by atoms with E-state index < -0.39 is 15.8 Å². The van der Waals surface area contributed by atoms with Crippen LogP contribution in [0.5, 0.6) is 0 Å². The van der Waals surface area contributed by atoms with Gasteiger partial charge in [0.25, 0.3) is 10.0 Å². The smallest absolute Gasteiger partial charge is 0.261 e. The highest BCUT2D eigenvalue weighted by Crippen LogP contribution is 2.37. The van der Waals surface area contributed by atoms with Crippen LogP contribution < -0.4 is 9.62 Å². The number of halogens is 2. The van der Waals surface area contributed by atoms with Gasteiger partial charge in [-0.05, 0) is 61.2 Å². The summed E-state index contributed by atoms with van der Waals surface area (Å²) in [6, 6.07) is 8.37. The number of carbonyl (C=O) groups excluding carboxylic acids is 1. The third-order valence-corrected chi connectivity index (χ3v) is 6.29. The molecule has 136 valence electrons. The largest absolute Gasteiger partial charge is 0.312 e. The lowest BCUT2D eigenvalue weighted by Crippen LogP contribution is -2.30. The zero-order chi connectivity index (χ0) is 18.5. The fraction of sp³-hybridized carbons (Fsp3) is 0.278. The molecule has 2 aromatic rings. The molecule has 1 aliphatic carbocycles. The Morgan fingerprint density at radius 2 is 1.96 bits per heavy atom. The molecule has 26 heavy (non-hydrogen) atoms. The predicted octanol–water partition coefficient (Wildman–Crippen LogP) is 3.58. The van der Waals surface area contributed by atoms with Gasteiger partial charge in [0.15, 0.2) is 0 Å². The van der Waals surface area contributed by atoms with E-state index in [1.54, 1.807) is 17.0 Å². The van der Waals surface area contributed by atoms with Gasteiger partial charge in [0.1, 0.15) is 5.82 Å². The molecule has 2 aromatic carbocycles. The van der Waals surface area contributed by atoms with Crippen LogP contribution in [0.25, 0.3) is 0 Å². The third kappa shape index (κ3) is 3.17. The number of amides is 1. The number of benzene rings is 2. The van der Waals surface area contributed by atoms with Gasteiger partial charge in [-0.2, -0.15) is 0 Å². The monoisotopic (exact) mass is 394 g/mol. The van der Waals surface area contributed by atoms with Gasteiger partial charge >= 0.3 is 0 Å². The second kappa shape index (κ2) is 6.25. The Morgan fingerprint density at radius 1 is 1.19 bits per heavy atom. The van der Waals surface area contributed by atoms with Crippen LogP contribution in [0.3, 0.4) is 0 Å². The summed E-state index contributed by atoms with van der Waals surface area (Å²) < 4.78 is 40.8. The lowest BCUT2D eigenvalue weighted by atomic mass is 10.2. The van der Waals surface area contributed by atoms with E-state index in [1.807, 2.05) is 0 Å². The second-order valence-electron chi connectivity index (χ2n) is 6.54. The summed E-state index contributed by atoms with van der Waals surface area (Å²) in [5.74, 6) is -0.375. The molecule has 8 heteroatoms. The summed E-state index contributed by atoms with van der Waals surface area (Å²) in [7, 11) is -3.84. The van der Waals surface area contributed by atoms with Crippen LogP contribution in [0.1, 0.15) is 18.4 Å². The topological polar surface area (TPSA) is 66.5 Å². The van der Waals surface area contributed by atoms with Crippen molar-refractivity contribution in [1.29, 1.82) is 0 Å². The van der Waals surface area contributed by atoms with E-state index in [0.29, 0.717) is 13.0 Å². The molecule has 1 aliphatic heterocycles. The van der Waals surface area contributed by atoms with Crippen molar-refractivity contribution in [1.82, 2.24) is 0 Å². The molecule has 0 spiro atoms. The Balaban J connectivity index is 1.59. The van der Waals surface area contributed by atoms with E-state index in [-0.39, 0.29) is 27.4 Å². The first-order valence-electron chi connectivity index (χ1n) is 8.27. The van der Waals surface area contributed by atoms with E-state index in [9.17, 15) is 17.6 Å². The Morgan fingerprint density at radius 3 is 2.65 bits per heavy atom. The second-order valence-corrected chi connectivity index (χ2v) is 8.63. The molecule has 1 amide bonds. The molecule has 4 rings (SSSR count). The molecular formula is C18H16ClFN2O3S. The number of hydrogen-bond acceptors (Lipinski definition) is 3. The first-order valence-corrected chi connectivity index (χ1v) is 10.1. The molecule has 1 N–H and O–H groups in total. The number of carbonyl (C=O) groups is 1. The quantitative estimate of drug-likeness (QED) is 0.861. The Labute approximate surface area is 155 Å². The summed E-state index contributed by atoms with van der Waals surface area (Å²) in [5, 5.41) is -0.159. The van der Waals surface area contributed by atoms with Crippen molar-refractivity contribution in [2.75, 3.05) is 16.2 Å². The molecule has 0 saturated heterocycles. The van der Waals surface area contributed by atoms with Crippen molar-refractivity contribution in [2.45, 2.75) is 24.2 Å². The Hall–Kier alpha value is -2.12. The van der Waals surface area contributed by atoms with Gasteiger partial charge in [-0.25, -0.2) is 12.8 Å². The molecule has 2 aliphatic rings. The standard InChI is InChI=1S/C18H16ClFN2O3S/c19-15-10-13(3-5-16(15)20)21-26(24,25)14-4-6-17-12(9-14)7-8-22(17)18(23)11-1-2-11/h3-6,9-11,21H,1-2,7-8H2. The van der Waals surface area contributed by atoms with Crippen molar-refractivity contribution in [3.8, 4) is 0 Å². The summed E-state index contributed by atoms with van der Waals surface area (Å²) in [6.07, 6.45) is 2.49. The van der Waals surface area contributed by atoms with Crippen LogP contribution in [0.2, 0.25) is 5.02 Å². The van der Waals surface area contributed by atoms with E-state index in [2.05, 4.69) is 4.72 Å². The molecule has 1 fully saturated rings. The maximum absolute atomic E-state index is 13.2. The van der Waals surface area contributed by atoms with Crippen molar-refractivity contribution < 1.29 is 17.6 Å². The third-order valence-electron chi connectivity index (χ3n) is 4.62. The lowest BCUT2D eigenvalue weighted by Gasteiger charge is -2.17. The van der Waals surface area contributed by atoms with Crippen LogP contribution >= 0.6 is 11.6 Å². The number of nitrogens with zero attached hydrogens (tertiary/aromatic N) is 1. The van der Waals surface area contributed by atoms with Crippen molar-refractivity contribution in [3.05, 3.63) is 52.8 Å². The average molecular weight is 395 g/mol. The predicted molar refractivity (Wildman–Crippen MR) is 97.4 cm³/mol. The Bertz CT molecular complexity index is 1010. The SMILES string of the molecule is O=C(C1CC1)N1CCc2cc(S(=O)(=O)Nc3ccc(F)c(Cl)c3)ccc21. The van der Waals surface area contributed by atoms with Crippen molar-refractivity contribution in [3.63, 3.8) is 0 Å². The summed E-state index contributed by atoms with van der Waals surface area (Å²) in [4.78, 5) is 14.1. The number of hydrogen-bond donors (Lipinski definition) is 1. The van der Waals surface area contributed by atoms with Crippen LogP contribution in [0.4, 0.5) is 15.8 Å². The van der Waals surface area contributed by atoms with Gasteiger partial charge < -0.3 is 4.90 Å². The minimum absolute atomic E-state index is 0.0948. The minimum Gasteiger partial charge on any atom is -0.312 e.